The van der Waals surface area contributed by atoms with E-state index in [1.54, 1.807) is 0 Å². The van der Waals surface area contributed by atoms with Crippen LogP contribution in [0.2, 0.25) is 0 Å². The van der Waals surface area contributed by atoms with Crippen LogP contribution < -0.4 is 0 Å². The Labute approximate surface area is 64.0 Å². The lowest BCUT2D eigenvalue weighted by Gasteiger charge is -1.94. The van der Waals surface area contributed by atoms with Gasteiger partial charge in [-0.05, 0) is 49.4 Å². The van der Waals surface area contributed by atoms with Crippen molar-refractivity contribution in [3.05, 3.63) is 0 Å². The van der Waals surface area contributed by atoms with Gasteiger partial charge < -0.3 is 0 Å². The smallest absolute Gasteiger partial charge is 0.0386 e. The predicted octanol–water partition coefficient (Wildman–Crippen LogP) is 3.08. The van der Waals surface area contributed by atoms with Crippen LogP contribution >= 0.6 is 0 Å². The monoisotopic (exact) mass is 138 g/mol. The molecule has 0 amide bonds. The van der Waals surface area contributed by atoms with E-state index < -0.39 is 0 Å². The first-order valence-electron chi connectivity index (χ1n) is 4.77. The summed E-state index contributed by atoms with van der Waals surface area (Å²) in [6.45, 7) is 4.78. The number of hydrogen-bond acceptors (Lipinski definition) is 0. The zero-order valence-corrected chi connectivity index (χ0v) is 7.14. The van der Waals surface area contributed by atoms with Crippen LogP contribution in [0.25, 0.3) is 0 Å². The van der Waals surface area contributed by atoms with Crippen molar-refractivity contribution in [2.45, 2.75) is 39.5 Å². The fourth-order valence-electron chi connectivity index (χ4n) is 2.03. The molecule has 0 spiro atoms. The van der Waals surface area contributed by atoms with Crippen LogP contribution in [0.15, 0.2) is 0 Å². The van der Waals surface area contributed by atoms with Crippen molar-refractivity contribution < 1.29 is 0 Å². The largest absolute Gasteiger partial charge is 0.0622 e. The molecule has 0 bridgehead atoms. The van der Waals surface area contributed by atoms with Crippen molar-refractivity contribution in [2.24, 2.45) is 23.7 Å². The summed E-state index contributed by atoms with van der Waals surface area (Å²) >= 11 is 0. The fourth-order valence-corrected chi connectivity index (χ4v) is 2.03. The van der Waals surface area contributed by atoms with Gasteiger partial charge in [0.05, 0.1) is 0 Å². The molecule has 0 nitrogen and oxygen atoms in total. The molecule has 10 heavy (non-hydrogen) atoms. The van der Waals surface area contributed by atoms with E-state index in [2.05, 4.69) is 13.8 Å². The Kier molecular flexibility index (Phi) is 1.51. The Morgan fingerprint density at radius 1 is 0.900 bits per heavy atom. The van der Waals surface area contributed by atoms with Crippen LogP contribution in [0.4, 0.5) is 0 Å². The molecule has 0 heteroatoms. The van der Waals surface area contributed by atoms with Crippen LogP contribution in [-0.4, -0.2) is 0 Å². The summed E-state index contributed by atoms with van der Waals surface area (Å²) in [5.74, 6) is 4.42. The van der Waals surface area contributed by atoms with E-state index >= 15 is 0 Å². The fraction of sp³-hybridized carbons (Fsp3) is 1.00. The third-order valence-electron chi connectivity index (χ3n) is 3.46. The normalized spacial score (nSPS) is 51.0. The van der Waals surface area contributed by atoms with Gasteiger partial charge in [0.1, 0.15) is 0 Å². The lowest BCUT2D eigenvalue weighted by molar-refractivity contribution is 0.568. The summed E-state index contributed by atoms with van der Waals surface area (Å²) in [6, 6.07) is 0. The molecule has 0 radical (unpaired) electrons. The minimum Gasteiger partial charge on any atom is -0.0622 e. The van der Waals surface area contributed by atoms with Crippen molar-refractivity contribution in [1.29, 1.82) is 0 Å². The maximum Gasteiger partial charge on any atom is -0.0386 e. The summed E-state index contributed by atoms with van der Waals surface area (Å²) in [5.41, 5.74) is 0. The van der Waals surface area contributed by atoms with E-state index in [4.69, 9.17) is 0 Å². The third-order valence-corrected chi connectivity index (χ3v) is 3.46. The predicted molar refractivity (Wildman–Crippen MR) is 43.8 cm³/mol. The minimum atomic E-state index is 1.08. The van der Waals surface area contributed by atoms with Crippen molar-refractivity contribution in [3.63, 3.8) is 0 Å². The summed E-state index contributed by atoms with van der Waals surface area (Å²) < 4.78 is 0. The Morgan fingerprint density at radius 3 is 1.40 bits per heavy atom. The Bertz CT molecular complexity index is 112. The summed E-state index contributed by atoms with van der Waals surface area (Å²) in [5, 5.41) is 0. The van der Waals surface area contributed by atoms with E-state index in [-0.39, 0.29) is 0 Å². The molecule has 2 rings (SSSR count). The topological polar surface area (TPSA) is 0 Å². The molecule has 2 saturated carbocycles. The molecule has 0 N–H and O–H groups in total. The van der Waals surface area contributed by atoms with Gasteiger partial charge in [-0.2, -0.15) is 0 Å². The summed E-state index contributed by atoms with van der Waals surface area (Å²) in [7, 11) is 0. The molecule has 0 saturated heterocycles. The highest BCUT2D eigenvalue weighted by Gasteiger charge is 2.37. The van der Waals surface area contributed by atoms with Crippen LogP contribution in [0.3, 0.4) is 0 Å². The lowest BCUT2D eigenvalue weighted by Crippen LogP contribution is -1.83. The molecule has 58 valence electrons. The highest BCUT2D eigenvalue weighted by Crippen LogP contribution is 2.47. The molecule has 4 atom stereocenters. The molecule has 0 aromatic rings. The third kappa shape index (κ3) is 1.36. The van der Waals surface area contributed by atoms with E-state index in [1.165, 1.54) is 25.7 Å². The molecular formula is C10H18. The van der Waals surface area contributed by atoms with Crippen LogP contribution in [0.5, 0.6) is 0 Å². The van der Waals surface area contributed by atoms with Crippen LogP contribution in [0, 0.1) is 23.7 Å². The SMILES string of the molecule is C[C@H]1C[C@H]1CC[C@@H]1C[C@@H]1C. The first-order valence-corrected chi connectivity index (χ1v) is 4.77. The van der Waals surface area contributed by atoms with E-state index in [0.29, 0.717) is 0 Å². The second kappa shape index (κ2) is 2.25. The van der Waals surface area contributed by atoms with Crippen LogP contribution in [-0.2, 0) is 0 Å². The van der Waals surface area contributed by atoms with E-state index in [9.17, 15) is 0 Å². The van der Waals surface area contributed by atoms with Crippen LogP contribution in [0.1, 0.15) is 39.5 Å². The maximum atomic E-state index is 2.39. The van der Waals surface area contributed by atoms with Crippen molar-refractivity contribution in [1.82, 2.24) is 0 Å². The minimum absolute atomic E-state index is 1.08. The van der Waals surface area contributed by atoms with Gasteiger partial charge in [-0.25, -0.2) is 0 Å². The number of hydrogen-bond donors (Lipinski definition) is 0. The van der Waals surface area contributed by atoms with Gasteiger partial charge in [0, 0.05) is 0 Å². The van der Waals surface area contributed by atoms with Gasteiger partial charge in [-0.1, -0.05) is 13.8 Å². The molecule has 2 aliphatic carbocycles. The highest BCUT2D eigenvalue weighted by atomic mass is 14.4. The zero-order valence-electron chi connectivity index (χ0n) is 7.14. The van der Waals surface area contributed by atoms with Crippen molar-refractivity contribution in [2.75, 3.05) is 0 Å². The van der Waals surface area contributed by atoms with Gasteiger partial charge >= 0.3 is 0 Å². The molecular weight excluding hydrogens is 120 g/mol. The first kappa shape index (κ1) is 6.69. The maximum absolute atomic E-state index is 2.39. The van der Waals surface area contributed by atoms with Gasteiger partial charge in [0.2, 0.25) is 0 Å². The molecule has 0 heterocycles. The standard InChI is InChI=1S/C10H18/c1-7-5-9(7)3-4-10-6-8(10)2/h7-10H,3-6H2,1-2H3/t7-,8-,9+,10+/m0/s1. The molecule has 0 unspecified atom stereocenters. The first-order chi connectivity index (χ1) is 4.77. The van der Waals surface area contributed by atoms with Crippen molar-refractivity contribution >= 4 is 0 Å². The molecule has 0 aromatic carbocycles. The number of rotatable bonds is 3. The quantitative estimate of drug-likeness (QED) is 0.562. The van der Waals surface area contributed by atoms with Gasteiger partial charge in [0.25, 0.3) is 0 Å². The Morgan fingerprint density at radius 2 is 1.20 bits per heavy atom. The second-order valence-electron chi connectivity index (χ2n) is 4.52. The second-order valence-corrected chi connectivity index (χ2v) is 4.52. The van der Waals surface area contributed by atoms with Gasteiger partial charge in [0.15, 0.2) is 0 Å². The zero-order chi connectivity index (χ0) is 7.14. The summed E-state index contributed by atoms with van der Waals surface area (Å²) in [4.78, 5) is 0. The Hall–Kier alpha value is 0. The van der Waals surface area contributed by atoms with Gasteiger partial charge in [-0.15, -0.1) is 0 Å². The average molecular weight is 138 g/mol. The van der Waals surface area contributed by atoms with Crippen molar-refractivity contribution in [3.8, 4) is 0 Å². The molecule has 0 aliphatic heterocycles. The molecule has 2 fully saturated rings. The van der Waals surface area contributed by atoms with Gasteiger partial charge in [-0.3, -0.25) is 0 Å². The average Bonchev–Trinajstić information content (AvgIpc) is 2.71. The molecule has 2 aliphatic rings. The highest BCUT2D eigenvalue weighted by molar-refractivity contribution is 4.87. The van der Waals surface area contributed by atoms with E-state index in [1.807, 2.05) is 0 Å². The molecule has 0 aromatic heterocycles. The Balaban J connectivity index is 1.57. The summed E-state index contributed by atoms with van der Waals surface area (Å²) in [6.07, 6.45) is 6.13. The van der Waals surface area contributed by atoms with E-state index in [0.717, 1.165) is 23.7 Å². The lowest BCUT2D eigenvalue weighted by atomic mass is 10.1.